The van der Waals surface area contributed by atoms with Crippen LogP contribution in [0.15, 0.2) is 73.2 Å². The van der Waals surface area contributed by atoms with E-state index in [-0.39, 0.29) is 31.7 Å². The summed E-state index contributed by atoms with van der Waals surface area (Å²) in [4.78, 5) is 4.08. The Morgan fingerprint density at radius 2 is 1.49 bits per heavy atom. The molecule has 6 rings (SSSR count). The summed E-state index contributed by atoms with van der Waals surface area (Å²) in [7, 11) is 1.90. The zero-order valence-corrected chi connectivity index (χ0v) is 29.1. The van der Waals surface area contributed by atoms with Crippen LogP contribution in [0.4, 0.5) is 8.78 Å². The summed E-state index contributed by atoms with van der Waals surface area (Å²) >= 11 is 0. The number of benzene rings is 2. The van der Waals surface area contributed by atoms with Gasteiger partial charge in [-0.15, -0.1) is 24.3 Å². The van der Waals surface area contributed by atoms with E-state index >= 15 is 0 Å². The molecule has 0 spiro atoms. The van der Waals surface area contributed by atoms with Gasteiger partial charge in [0.25, 0.3) is 0 Å². The SMILES string of the molecule is CCOc1cc(F)c[c-]c1-c1cc(CC)n(C)n1.CCOc1cc(F)c[c-]c1-c1ccn(CC)n1.[Ir+3].c1ccc(-c2cnn[n-]2)nc1. The van der Waals surface area contributed by atoms with Gasteiger partial charge in [0.05, 0.1) is 18.9 Å². The van der Waals surface area contributed by atoms with Crippen LogP contribution in [0, 0.1) is 23.8 Å². The summed E-state index contributed by atoms with van der Waals surface area (Å²) < 4.78 is 40.8. The molecule has 0 aliphatic heterocycles. The summed E-state index contributed by atoms with van der Waals surface area (Å²) in [6, 6.07) is 20.6. The molecule has 6 aromatic rings. The van der Waals surface area contributed by atoms with E-state index in [1.165, 1.54) is 24.3 Å². The van der Waals surface area contributed by atoms with Gasteiger partial charge in [-0.3, -0.25) is 28.3 Å². The Bertz CT molecular complexity index is 1790. The number of rotatable bonds is 9. The first-order valence-electron chi connectivity index (χ1n) is 14.8. The summed E-state index contributed by atoms with van der Waals surface area (Å²) in [6.07, 6.45) is 6.07. The molecule has 0 saturated carbocycles. The van der Waals surface area contributed by atoms with Crippen LogP contribution in [0.2, 0.25) is 0 Å². The average Bonchev–Trinajstić information content (AvgIpc) is 3.85. The van der Waals surface area contributed by atoms with Gasteiger partial charge in [-0.2, -0.15) is 0 Å². The van der Waals surface area contributed by atoms with E-state index in [1.54, 1.807) is 12.4 Å². The molecule has 0 saturated heterocycles. The van der Waals surface area contributed by atoms with E-state index in [1.807, 2.05) is 73.7 Å². The minimum Gasteiger partial charge on any atom is -0.537 e. The molecule has 4 aromatic heterocycles. The Balaban J connectivity index is 0.000000195. The van der Waals surface area contributed by atoms with Crippen molar-refractivity contribution >= 4 is 0 Å². The molecule has 0 amide bonds. The number of pyridine rings is 1. The maximum Gasteiger partial charge on any atom is 3.00 e. The third kappa shape index (κ3) is 10.1. The van der Waals surface area contributed by atoms with Crippen LogP contribution in [0.1, 0.15) is 33.4 Å². The molecule has 4 heterocycles. The Labute approximate surface area is 286 Å². The normalized spacial score (nSPS) is 10.2. The fraction of sp³-hybridized carbons (Fsp3) is 0.265. The van der Waals surface area contributed by atoms with E-state index in [0.717, 1.165) is 35.7 Å². The Hall–Kier alpha value is -4.74. The molecular weight excluding hydrogens is 783 g/mol. The van der Waals surface area contributed by atoms with E-state index in [0.29, 0.717) is 41.5 Å². The Kier molecular flexibility index (Phi) is 14.4. The van der Waals surface area contributed by atoms with Crippen molar-refractivity contribution in [3.05, 3.63) is 103 Å². The van der Waals surface area contributed by atoms with Gasteiger partial charge < -0.3 is 19.7 Å². The molecule has 13 heteroatoms. The third-order valence-corrected chi connectivity index (χ3v) is 6.47. The standard InChI is InChI=1S/C14H16FN2O.C13H14FN2O.C7H5N4.Ir/c1-4-11-9-13(16-17(11)3)12-7-6-10(15)8-14(12)18-5-2;1-3-16-8-7-12(15-16)11-6-5-10(14)9-13(11)17-4-2;1-2-4-8-6(3-1)7-5-9-11-10-7;/h6,8-9H,4-5H2,1-3H3;5,7-9H,3-4H2,1-2H3;1-5H;/q3*-1;+3. The molecule has 0 N–H and O–H groups in total. The minimum atomic E-state index is -0.355. The number of aryl methyl sites for hydroxylation is 3. The van der Waals surface area contributed by atoms with Crippen LogP contribution in [0.3, 0.4) is 0 Å². The number of nitrogens with zero attached hydrogens (tertiary/aromatic N) is 8. The van der Waals surface area contributed by atoms with Crippen molar-refractivity contribution < 1.29 is 38.4 Å². The molecule has 0 fully saturated rings. The van der Waals surface area contributed by atoms with Gasteiger partial charge in [0, 0.05) is 66.2 Å². The predicted octanol–water partition coefficient (Wildman–Crippen LogP) is 6.39. The molecule has 0 atom stereocenters. The van der Waals surface area contributed by atoms with Crippen LogP contribution >= 0.6 is 0 Å². The molecule has 0 radical (unpaired) electrons. The first-order valence-corrected chi connectivity index (χ1v) is 14.8. The fourth-order valence-corrected chi connectivity index (χ4v) is 4.28. The molecule has 0 aliphatic carbocycles. The molecule has 0 unspecified atom stereocenters. The smallest absolute Gasteiger partial charge is 0.537 e. The van der Waals surface area contributed by atoms with Gasteiger partial charge in [0.1, 0.15) is 0 Å². The summed E-state index contributed by atoms with van der Waals surface area (Å²) in [5.74, 6) is 0.257. The Morgan fingerprint density at radius 3 is 1.98 bits per heavy atom. The number of hydrogen-bond donors (Lipinski definition) is 0. The second-order valence-electron chi connectivity index (χ2n) is 9.57. The van der Waals surface area contributed by atoms with E-state index in [9.17, 15) is 8.78 Å². The third-order valence-electron chi connectivity index (χ3n) is 6.47. The van der Waals surface area contributed by atoms with Crippen molar-refractivity contribution in [3.8, 4) is 45.4 Å². The minimum absolute atomic E-state index is 0. The number of hydrogen-bond acceptors (Lipinski definition) is 7. The summed E-state index contributed by atoms with van der Waals surface area (Å²) in [5.41, 5.74) is 5.54. The zero-order chi connectivity index (χ0) is 32.9. The second kappa shape index (κ2) is 18.4. The van der Waals surface area contributed by atoms with Gasteiger partial charge in [-0.25, -0.2) is 10.2 Å². The largest absolute Gasteiger partial charge is 3.00 e. The first-order chi connectivity index (χ1) is 22.4. The van der Waals surface area contributed by atoms with Crippen molar-refractivity contribution in [3.63, 3.8) is 0 Å². The van der Waals surface area contributed by atoms with Crippen molar-refractivity contribution in [1.29, 1.82) is 0 Å². The van der Waals surface area contributed by atoms with Crippen LogP contribution in [-0.4, -0.2) is 48.1 Å². The van der Waals surface area contributed by atoms with Crippen LogP contribution in [-0.2, 0) is 40.1 Å². The van der Waals surface area contributed by atoms with Crippen molar-refractivity contribution in [2.24, 2.45) is 7.05 Å². The molecule has 47 heavy (non-hydrogen) atoms. The topological polar surface area (TPSA) is 107 Å². The molecule has 0 aliphatic rings. The Morgan fingerprint density at radius 1 is 0.830 bits per heavy atom. The summed E-state index contributed by atoms with van der Waals surface area (Å²) in [6.45, 7) is 9.57. The van der Waals surface area contributed by atoms with Gasteiger partial charge in [0.15, 0.2) is 0 Å². The van der Waals surface area contributed by atoms with Crippen molar-refractivity contribution in [1.82, 2.24) is 40.0 Å². The molecule has 10 nitrogen and oxygen atoms in total. The van der Waals surface area contributed by atoms with Crippen LogP contribution in [0.5, 0.6) is 11.5 Å². The van der Waals surface area contributed by atoms with Crippen LogP contribution in [0.25, 0.3) is 33.9 Å². The molecule has 0 bridgehead atoms. The number of halogens is 2. The van der Waals surface area contributed by atoms with E-state index in [4.69, 9.17) is 9.47 Å². The number of aromatic nitrogens is 8. The van der Waals surface area contributed by atoms with Crippen LogP contribution < -0.4 is 14.6 Å². The average molecular weight is 818 g/mol. The van der Waals surface area contributed by atoms with E-state index < -0.39 is 0 Å². The second-order valence-corrected chi connectivity index (χ2v) is 9.57. The monoisotopic (exact) mass is 818 g/mol. The van der Waals surface area contributed by atoms with Gasteiger partial charge in [-0.1, -0.05) is 54.6 Å². The van der Waals surface area contributed by atoms with E-state index in [2.05, 4.69) is 49.6 Å². The van der Waals surface area contributed by atoms with Gasteiger partial charge in [0.2, 0.25) is 0 Å². The zero-order valence-electron chi connectivity index (χ0n) is 26.7. The van der Waals surface area contributed by atoms with Crippen molar-refractivity contribution in [2.75, 3.05) is 13.2 Å². The quantitative estimate of drug-likeness (QED) is 0.155. The molecule has 2 aromatic carbocycles. The van der Waals surface area contributed by atoms with Crippen molar-refractivity contribution in [2.45, 2.75) is 40.7 Å². The number of ether oxygens (including phenoxy) is 2. The predicted molar refractivity (Wildman–Crippen MR) is 170 cm³/mol. The molecular formula is C34H35F2IrN8O2. The van der Waals surface area contributed by atoms with Gasteiger partial charge in [-0.05, 0) is 45.0 Å². The maximum absolute atomic E-state index is 13.2. The van der Waals surface area contributed by atoms with Gasteiger partial charge >= 0.3 is 20.1 Å². The molecule has 246 valence electrons. The first kappa shape index (κ1) is 36.7. The summed E-state index contributed by atoms with van der Waals surface area (Å²) in [5, 5.41) is 19.6. The fourth-order valence-electron chi connectivity index (χ4n) is 4.28. The maximum atomic E-state index is 13.2.